The summed E-state index contributed by atoms with van der Waals surface area (Å²) >= 11 is 1.85. The van der Waals surface area contributed by atoms with E-state index in [1.165, 1.54) is 30.8 Å². The Hall–Kier alpha value is -1.60. The first-order chi connectivity index (χ1) is 13.5. The van der Waals surface area contributed by atoms with Crippen molar-refractivity contribution in [1.82, 2.24) is 20.4 Å². The van der Waals surface area contributed by atoms with Crippen LogP contribution in [0.1, 0.15) is 38.0 Å². The molecule has 1 amide bonds. The van der Waals surface area contributed by atoms with Gasteiger partial charge < -0.3 is 15.5 Å². The molecular formula is C21H35N5OS. The number of rotatable bonds is 6. The van der Waals surface area contributed by atoms with Crippen molar-refractivity contribution < 1.29 is 4.79 Å². The van der Waals surface area contributed by atoms with Crippen molar-refractivity contribution in [3.05, 3.63) is 22.4 Å². The molecule has 156 valence electrons. The smallest absolute Gasteiger partial charge is 0.225 e. The molecule has 6 nitrogen and oxygen atoms in total. The molecule has 2 saturated heterocycles. The number of thiophene rings is 1. The Labute approximate surface area is 173 Å². The van der Waals surface area contributed by atoms with E-state index >= 15 is 0 Å². The summed E-state index contributed by atoms with van der Waals surface area (Å²) in [5.74, 6) is 1.88. The molecule has 1 unspecified atom stereocenters. The van der Waals surface area contributed by atoms with Crippen LogP contribution in [0.15, 0.2) is 22.5 Å². The Kier molecular flexibility index (Phi) is 7.73. The van der Waals surface area contributed by atoms with E-state index in [9.17, 15) is 4.79 Å². The van der Waals surface area contributed by atoms with Gasteiger partial charge in [0.05, 0.1) is 0 Å². The maximum atomic E-state index is 12.2. The second-order valence-corrected chi connectivity index (χ2v) is 9.35. The van der Waals surface area contributed by atoms with E-state index in [1.54, 1.807) is 0 Å². The zero-order chi connectivity index (χ0) is 19.9. The SMILES string of the molecule is CN=C(NCC1CCN(Cc2cccs2)CC1)NC1CCN(C(=O)C(C)C)C1. The van der Waals surface area contributed by atoms with Crippen molar-refractivity contribution in [2.75, 3.05) is 39.8 Å². The summed E-state index contributed by atoms with van der Waals surface area (Å²) < 4.78 is 0. The zero-order valence-electron chi connectivity index (χ0n) is 17.5. The average molecular weight is 406 g/mol. The third kappa shape index (κ3) is 5.95. The first-order valence-electron chi connectivity index (χ1n) is 10.6. The third-order valence-corrected chi connectivity index (χ3v) is 6.64. The number of amides is 1. The number of hydrogen-bond donors (Lipinski definition) is 2. The van der Waals surface area contributed by atoms with Gasteiger partial charge in [0.1, 0.15) is 0 Å². The highest BCUT2D eigenvalue weighted by Gasteiger charge is 2.28. The molecule has 3 rings (SSSR count). The zero-order valence-corrected chi connectivity index (χ0v) is 18.3. The molecule has 0 spiro atoms. The van der Waals surface area contributed by atoms with Crippen LogP contribution in [-0.2, 0) is 11.3 Å². The van der Waals surface area contributed by atoms with Gasteiger partial charge in [-0.05, 0) is 49.7 Å². The summed E-state index contributed by atoms with van der Waals surface area (Å²) in [7, 11) is 1.82. The molecule has 2 aliphatic rings. The van der Waals surface area contributed by atoms with E-state index in [1.807, 2.05) is 37.1 Å². The van der Waals surface area contributed by atoms with E-state index in [4.69, 9.17) is 0 Å². The van der Waals surface area contributed by atoms with Crippen LogP contribution >= 0.6 is 11.3 Å². The van der Waals surface area contributed by atoms with Crippen molar-refractivity contribution in [3.8, 4) is 0 Å². The quantitative estimate of drug-likeness (QED) is 0.564. The van der Waals surface area contributed by atoms with E-state index in [0.717, 1.165) is 38.6 Å². The number of aliphatic imine (C=N–C) groups is 1. The monoisotopic (exact) mass is 405 g/mol. The topological polar surface area (TPSA) is 60.0 Å². The van der Waals surface area contributed by atoms with Gasteiger partial charge in [-0.2, -0.15) is 0 Å². The molecule has 1 atom stereocenters. The number of guanidine groups is 1. The third-order valence-electron chi connectivity index (χ3n) is 5.78. The fraction of sp³-hybridized carbons (Fsp3) is 0.714. The lowest BCUT2D eigenvalue weighted by atomic mass is 9.97. The number of nitrogens with zero attached hydrogens (tertiary/aromatic N) is 3. The summed E-state index contributed by atoms with van der Waals surface area (Å²) in [5, 5.41) is 9.18. The summed E-state index contributed by atoms with van der Waals surface area (Å²) in [4.78, 5) is 22.5. The van der Waals surface area contributed by atoms with Gasteiger partial charge in [0.2, 0.25) is 5.91 Å². The Bertz CT molecular complexity index is 637. The van der Waals surface area contributed by atoms with Gasteiger partial charge in [-0.3, -0.25) is 14.7 Å². The number of likely N-dealkylation sites (tertiary alicyclic amines) is 2. The lowest BCUT2D eigenvalue weighted by Gasteiger charge is -2.32. The molecule has 28 heavy (non-hydrogen) atoms. The lowest BCUT2D eigenvalue weighted by Crippen LogP contribution is -2.47. The highest BCUT2D eigenvalue weighted by atomic mass is 32.1. The average Bonchev–Trinajstić information content (AvgIpc) is 3.37. The molecule has 0 saturated carbocycles. The van der Waals surface area contributed by atoms with Crippen LogP contribution in [0.25, 0.3) is 0 Å². The van der Waals surface area contributed by atoms with Gasteiger partial charge in [-0.25, -0.2) is 0 Å². The van der Waals surface area contributed by atoms with Crippen molar-refractivity contribution in [2.45, 2.75) is 45.7 Å². The summed E-state index contributed by atoms with van der Waals surface area (Å²) in [5.41, 5.74) is 0. The molecule has 0 bridgehead atoms. The number of hydrogen-bond acceptors (Lipinski definition) is 4. The first-order valence-corrected chi connectivity index (χ1v) is 11.4. The standard InChI is InChI=1S/C21H35N5OS/c1-16(2)20(27)26-11-8-18(14-26)24-21(22-3)23-13-17-6-9-25(10-7-17)15-19-5-4-12-28-19/h4-5,12,16-18H,6-11,13-15H2,1-3H3,(H2,22,23,24). The van der Waals surface area contributed by atoms with E-state index in [2.05, 4.69) is 38.0 Å². The van der Waals surface area contributed by atoms with Crippen molar-refractivity contribution in [2.24, 2.45) is 16.8 Å². The van der Waals surface area contributed by atoms with E-state index in [0.29, 0.717) is 12.0 Å². The van der Waals surface area contributed by atoms with Crippen LogP contribution in [0.5, 0.6) is 0 Å². The van der Waals surface area contributed by atoms with Gasteiger partial charge in [-0.15, -0.1) is 11.3 Å². The van der Waals surface area contributed by atoms with Gasteiger partial charge in [-0.1, -0.05) is 19.9 Å². The molecule has 7 heteroatoms. The van der Waals surface area contributed by atoms with Crippen LogP contribution in [0.4, 0.5) is 0 Å². The number of carbonyl (C=O) groups excluding carboxylic acids is 1. The number of carbonyl (C=O) groups is 1. The maximum absolute atomic E-state index is 12.2. The summed E-state index contributed by atoms with van der Waals surface area (Å²) in [6, 6.07) is 4.66. The molecule has 2 N–H and O–H groups in total. The largest absolute Gasteiger partial charge is 0.356 e. The molecular weight excluding hydrogens is 370 g/mol. The van der Waals surface area contributed by atoms with Gasteiger partial charge >= 0.3 is 0 Å². The van der Waals surface area contributed by atoms with Crippen LogP contribution in [0, 0.1) is 11.8 Å². The normalized spacial score (nSPS) is 22.1. The molecule has 2 fully saturated rings. The minimum atomic E-state index is 0.0712. The summed E-state index contributed by atoms with van der Waals surface area (Å²) in [6.45, 7) is 9.95. The predicted molar refractivity (Wildman–Crippen MR) is 117 cm³/mol. The second kappa shape index (κ2) is 10.3. The number of piperidine rings is 1. The molecule has 0 aliphatic carbocycles. The molecule has 2 aliphatic heterocycles. The Balaban J connectivity index is 1.35. The van der Waals surface area contributed by atoms with Crippen molar-refractivity contribution in [3.63, 3.8) is 0 Å². The fourth-order valence-electron chi connectivity index (χ4n) is 4.04. The molecule has 1 aromatic heterocycles. The highest BCUT2D eigenvalue weighted by Crippen LogP contribution is 2.20. The van der Waals surface area contributed by atoms with Crippen LogP contribution in [-0.4, -0.2) is 67.5 Å². The van der Waals surface area contributed by atoms with Gasteiger partial charge in [0, 0.05) is 50.1 Å². The Morgan fingerprint density at radius 2 is 2.07 bits per heavy atom. The first kappa shape index (κ1) is 21.1. The minimum absolute atomic E-state index is 0.0712. The van der Waals surface area contributed by atoms with Crippen LogP contribution in [0.2, 0.25) is 0 Å². The van der Waals surface area contributed by atoms with E-state index < -0.39 is 0 Å². The number of nitrogens with one attached hydrogen (secondary N) is 2. The van der Waals surface area contributed by atoms with E-state index in [-0.39, 0.29) is 11.8 Å². The lowest BCUT2D eigenvalue weighted by molar-refractivity contribution is -0.133. The highest BCUT2D eigenvalue weighted by molar-refractivity contribution is 7.09. The molecule has 0 radical (unpaired) electrons. The van der Waals surface area contributed by atoms with Crippen molar-refractivity contribution in [1.29, 1.82) is 0 Å². The molecule has 3 heterocycles. The van der Waals surface area contributed by atoms with Gasteiger partial charge in [0.15, 0.2) is 5.96 Å². The fourth-order valence-corrected chi connectivity index (χ4v) is 4.79. The van der Waals surface area contributed by atoms with Gasteiger partial charge in [0.25, 0.3) is 0 Å². The summed E-state index contributed by atoms with van der Waals surface area (Å²) in [6.07, 6.45) is 3.45. The molecule has 1 aromatic rings. The van der Waals surface area contributed by atoms with Crippen LogP contribution < -0.4 is 10.6 Å². The maximum Gasteiger partial charge on any atom is 0.225 e. The second-order valence-electron chi connectivity index (χ2n) is 8.32. The van der Waals surface area contributed by atoms with Crippen molar-refractivity contribution >= 4 is 23.2 Å². The Morgan fingerprint density at radius 3 is 2.71 bits per heavy atom. The molecule has 0 aromatic carbocycles. The Morgan fingerprint density at radius 1 is 1.29 bits per heavy atom. The predicted octanol–water partition coefficient (Wildman–Crippen LogP) is 2.38. The minimum Gasteiger partial charge on any atom is -0.356 e. The van der Waals surface area contributed by atoms with Crippen LogP contribution in [0.3, 0.4) is 0 Å².